The zero-order chi connectivity index (χ0) is 16.5. The number of nitrogens with one attached hydrogen (secondary N) is 2. The zero-order valence-corrected chi connectivity index (χ0v) is 13.7. The molecule has 1 amide bonds. The summed E-state index contributed by atoms with van der Waals surface area (Å²) in [7, 11) is 0. The SMILES string of the molecule is Cc1[nH]c2ccccc2c1-c1csc(NC(=O)c2ccccn2)n1. The van der Waals surface area contributed by atoms with E-state index < -0.39 is 0 Å². The van der Waals surface area contributed by atoms with Crippen LogP contribution in [0.5, 0.6) is 0 Å². The van der Waals surface area contributed by atoms with Gasteiger partial charge in [0.15, 0.2) is 5.13 Å². The highest BCUT2D eigenvalue weighted by atomic mass is 32.1. The van der Waals surface area contributed by atoms with E-state index >= 15 is 0 Å². The van der Waals surface area contributed by atoms with Crippen LogP contribution in [0.2, 0.25) is 0 Å². The molecular weight excluding hydrogens is 320 g/mol. The number of aryl methyl sites for hydroxylation is 1. The molecule has 0 aliphatic carbocycles. The third-order valence-corrected chi connectivity index (χ3v) is 4.53. The maximum absolute atomic E-state index is 12.2. The van der Waals surface area contributed by atoms with Crippen molar-refractivity contribution in [3.05, 3.63) is 65.4 Å². The van der Waals surface area contributed by atoms with Gasteiger partial charge in [-0.3, -0.25) is 15.1 Å². The van der Waals surface area contributed by atoms with Gasteiger partial charge in [-0.05, 0) is 25.1 Å². The van der Waals surface area contributed by atoms with E-state index in [0.717, 1.165) is 27.9 Å². The van der Waals surface area contributed by atoms with Crippen molar-refractivity contribution in [3.8, 4) is 11.3 Å². The Bertz CT molecular complexity index is 1020. The summed E-state index contributed by atoms with van der Waals surface area (Å²) < 4.78 is 0. The van der Waals surface area contributed by atoms with E-state index in [-0.39, 0.29) is 5.91 Å². The van der Waals surface area contributed by atoms with Crippen LogP contribution in [-0.2, 0) is 0 Å². The molecule has 0 saturated heterocycles. The summed E-state index contributed by atoms with van der Waals surface area (Å²) in [5.41, 5.74) is 4.44. The first kappa shape index (κ1) is 14.6. The Labute approximate surface area is 142 Å². The van der Waals surface area contributed by atoms with Crippen molar-refractivity contribution in [1.29, 1.82) is 0 Å². The molecule has 0 bridgehead atoms. The zero-order valence-electron chi connectivity index (χ0n) is 12.9. The summed E-state index contributed by atoms with van der Waals surface area (Å²) in [6.45, 7) is 2.03. The number of pyridine rings is 1. The minimum absolute atomic E-state index is 0.257. The van der Waals surface area contributed by atoms with Gasteiger partial charge in [0, 0.05) is 33.7 Å². The standard InChI is InChI=1S/C18H14N4OS/c1-11-16(12-6-2-3-7-13(12)20-11)15-10-24-18(21-15)22-17(23)14-8-4-5-9-19-14/h2-10,20H,1H3,(H,21,22,23). The van der Waals surface area contributed by atoms with Crippen LogP contribution in [-0.4, -0.2) is 20.9 Å². The maximum Gasteiger partial charge on any atom is 0.276 e. The predicted octanol–water partition coefficient (Wildman–Crippen LogP) is 4.25. The average molecular weight is 334 g/mol. The third-order valence-electron chi connectivity index (χ3n) is 3.77. The molecule has 0 atom stereocenters. The molecule has 0 aliphatic heterocycles. The van der Waals surface area contributed by atoms with E-state index in [1.54, 1.807) is 24.4 Å². The molecule has 118 valence electrons. The Morgan fingerprint density at radius 1 is 1.17 bits per heavy atom. The molecule has 1 aromatic carbocycles. The summed E-state index contributed by atoms with van der Waals surface area (Å²) in [6, 6.07) is 13.4. The summed E-state index contributed by atoms with van der Waals surface area (Å²) >= 11 is 1.40. The van der Waals surface area contributed by atoms with Crippen molar-refractivity contribution >= 4 is 33.3 Å². The number of rotatable bonds is 3. The highest BCUT2D eigenvalue weighted by Crippen LogP contribution is 2.33. The Kier molecular flexibility index (Phi) is 3.59. The minimum atomic E-state index is -0.257. The lowest BCUT2D eigenvalue weighted by atomic mass is 10.1. The number of thiazole rings is 1. The monoisotopic (exact) mass is 334 g/mol. The van der Waals surface area contributed by atoms with E-state index in [1.807, 2.05) is 30.5 Å². The fraction of sp³-hybridized carbons (Fsp3) is 0.0556. The minimum Gasteiger partial charge on any atom is -0.358 e. The highest BCUT2D eigenvalue weighted by Gasteiger charge is 2.15. The van der Waals surface area contributed by atoms with Gasteiger partial charge in [0.1, 0.15) is 5.69 Å². The first-order valence-electron chi connectivity index (χ1n) is 7.48. The fourth-order valence-electron chi connectivity index (χ4n) is 2.71. The third kappa shape index (κ3) is 2.57. The smallest absolute Gasteiger partial charge is 0.276 e. The van der Waals surface area contributed by atoms with Crippen LogP contribution in [0.15, 0.2) is 54.0 Å². The number of aromatic amines is 1. The summed E-state index contributed by atoms with van der Waals surface area (Å²) in [5.74, 6) is -0.257. The number of benzene rings is 1. The number of hydrogen-bond acceptors (Lipinski definition) is 4. The largest absolute Gasteiger partial charge is 0.358 e. The van der Waals surface area contributed by atoms with Gasteiger partial charge >= 0.3 is 0 Å². The molecule has 3 aromatic heterocycles. The van der Waals surface area contributed by atoms with Gasteiger partial charge < -0.3 is 4.98 Å². The quantitative estimate of drug-likeness (QED) is 0.588. The second kappa shape index (κ2) is 5.90. The number of fused-ring (bicyclic) bond motifs is 1. The van der Waals surface area contributed by atoms with Gasteiger partial charge in [0.2, 0.25) is 0 Å². The first-order valence-corrected chi connectivity index (χ1v) is 8.36. The Morgan fingerprint density at radius 3 is 2.83 bits per heavy atom. The van der Waals surface area contributed by atoms with Gasteiger partial charge in [-0.15, -0.1) is 11.3 Å². The molecule has 3 heterocycles. The number of para-hydroxylation sites is 1. The number of aromatic nitrogens is 3. The number of H-pyrrole nitrogens is 1. The fourth-order valence-corrected chi connectivity index (χ4v) is 3.41. The molecule has 2 N–H and O–H groups in total. The molecule has 0 unspecified atom stereocenters. The predicted molar refractivity (Wildman–Crippen MR) is 96.3 cm³/mol. The average Bonchev–Trinajstić information content (AvgIpc) is 3.18. The van der Waals surface area contributed by atoms with Gasteiger partial charge in [-0.1, -0.05) is 24.3 Å². The molecule has 4 aromatic rings. The normalized spacial score (nSPS) is 10.9. The summed E-state index contributed by atoms with van der Waals surface area (Å²) in [4.78, 5) is 24.2. The van der Waals surface area contributed by atoms with E-state index in [9.17, 15) is 4.79 Å². The second-order valence-corrected chi connectivity index (χ2v) is 6.24. The number of carbonyl (C=O) groups is 1. The van der Waals surface area contributed by atoms with Crippen LogP contribution in [0.25, 0.3) is 22.2 Å². The lowest BCUT2D eigenvalue weighted by Crippen LogP contribution is -2.13. The van der Waals surface area contributed by atoms with Crippen LogP contribution < -0.4 is 5.32 Å². The summed E-state index contributed by atoms with van der Waals surface area (Å²) in [5, 5.41) is 6.45. The molecule has 6 heteroatoms. The maximum atomic E-state index is 12.2. The van der Waals surface area contributed by atoms with Crippen LogP contribution in [0.4, 0.5) is 5.13 Å². The van der Waals surface area contributed by atoms with Crippen molar-refractivity contribution in [2.45, 2.75) is 6.92 Å². The van der Waals surface area contributed by atoms with Crippen LogP contribution in [0, 0.1) is 6.92 Å². The number of carbonyl (C=O) groups excluding carboxylic acids is 1. The Hall–Kier alpha value is -2.99. The molecule has 0 aliphatic rings. The van der Waals surface area contributed by atoms with Crippen molar-refractivity contribution in [3.63, 3.8) is 0 Å². The summed E-state index contributed by atoms with van der Waals surface area (Å²) in [6.07, 6.45) is 1.59. The molecule has 4 rings (SSSR count). The molecule has 5 nitrogen and oxygen atoms in total. The lowest BCUT2D eigenvalue weighted by molar-refractivity contribution is 0.102. The van der Waals surface area contributed by atoms with Crippen molar-refractivity contribution < 1.29 is 4.79 Å². The molecule has 0 saturated carbocycles. The number of amides is 1. The van der Waals surface area contributed by atoms with Crippen LogP contribution >= 0.6 is 11.3 Å². The molecular formula is C18H14N4OS. The highest BCUT2D eigenvalue weighted by molar-refractivity contribution is 7.14. The van der Waals surface area contributed by atoms with Gasteiger partial charge in [-0.2, -0.15) is 0 Å². The van der Waals surface area contributed by atoms with E-state index in [2.05, 4.69) is 26.3 Å². The topological polar surface area (TPSA) is 70.7 Å². The molecule has 24 heavy (non-hydrogen) atoms. The molecule has 0 fully saturated rings. The van der Waals surface area contributed by atoms with E-state index in [4.69, 9.17) is 0 Å². The van der Waals surface area contributed by atoms with Crippen LogP contribution in [0.3, 0.4) is 0 Å². The van der Waals surface area contributed by atoms with Gasteiger partial charge in [0.25, 0.3) is 5.91 Å². The van der Waals surface area contributed by atoms with Crippen LogP contribution in [0.1, 0.15) is 16.2 Å². The molecule has 0 radical (unpaired) electrons. The number of hydrogen-bond donors (Lipinski definition) is 2. The Morgan fingerprint density at radius 2 is 2.00 bits per heavy atom. The van der Waals surface area contributed by atoms with Crippen molar-refractivity contribution in [2.75, 3.05) is 5.32 Å². The lowest BCUT2D eigenvalue weighted by Gasteiger charge is -2.00. The van der Waals surface area contributed by atoms with E-state index in [0.29, 0.717) is 10.8 Å². The molecule has 0 spiro atoms. The Balaban J connectivity index is 1.65. The number of anilines is 1. The first-order chi connectivity index (χ1) is 11.7. The second-order valence-electron chi connectivity index (χ2n) is 5.38. The van der Waals surface area contributed by atoms with Crippen molar-refractivity contribution in [2.24, 2.45) is 0 Å². The van der Waals surface area contributed by atoms with Crippen molar-refractivity contribution in [1.82, 2.24) is 15.0 Å². The van der Waals surface area contributed by atoms with E-state index in [1.165, 1.54) is 11.3 Å². The van der Waals surface area contributed by atoms with Gasteiger partial charge in [-0.25, -0.2) is 4.98 Å². The van der Waals surface area contributed by atoms with Gasteiger partial charge in [0.05, 0.1) is 5.69 Å². The number of nitrogens with zero attached hydrogens (tertiary/aromatic N) is 2.